The van der Waals surface area contributed by atoms with Crippen LogP contribution in [0.25, 0.3) is 0 Å². The van der Waals surface area contributed by atoms with Crippen LogP contribution in [0.15, 0.2) is 24.5 Å². The molecule has 1 aromatic rings. The minimum atomic E-state index is -0.110. The van der Waals surface area contributed by atoms with Gasteiger partial charge in [-0.25, -0.2) is 4.79 Å². The predicted octanol–water partition coefficient (Wildman–Crippen LogP) is 2.32. The number of nitrogens with zero attached hydrogens (tertiary/aromatic N) is 3. The van der Waals surface area contributed by atoms with Crippen molar-refractivity contribution in [2.75, 3.05) is 44.6 Å². The second-order valence-electron chi connectivity index (χ2n) is 7.47. The van der Waals surface area contributed by atoms with Gasteiger partial charge in [0.25, 0.3) is 0 Å². The van der Waals surface area contributed by atoms with Gasteiger partial charge in [-0.15, -0.1) is 0 Å². The molecule has 0 aromatic carbocycles. The molecule has 0 saturated carbocycles. The maximum absolute atomic E-state index is 12.4. The number of amides is 3. The Morgan fingerprint density at radius 2 is 1.74 bits per heavy atom. The number of urea groups is 1. The summed E-state index contributed by atoms with van der Waals surface area (Å²) in [6.45, 7) is 5.46. The second kappa shape index (κ2) is 10.3. The first-order valence-electron chi connectivity index (χ1n) is 10.2. The molecular weight excluding hydrogens is 342 g/mol. The zero-order valence-corrected chi connectivity index (χ0v) is 16.0. The number of anilines is 1. The molecule has 148 valence electrons. The quantitative estimate of drug-likeness (QED) is 0.750. The van der Waals surface area contributed by atoms with E-state index in [0.717, 1.165) is 38.0 Å². The van der Waals surface area contributed by atoms with E-state index in [4.69, 9.17) is 0 Å². The van der Waals surface area contributed by atoms with E-state index in [-0.39, 0.29) is 17.9 Å². The zero-order chi connectivity index (χ0) is 18.9. The number of aromatic nitrogens is 1. The molecule has 0 radical (unpaired) electrons. The molecule has 3 amide bonds. The van der Waals surface area contributed by atoms with Crippen LogP contribution in [-0.2, 0) is 4.79 Å². The van der Waals surface area contributed by atoms with Crippen molar-refractivity contribution in [2.24, 2.45) is 5.92 Å². The van der Waals surface area contributed by atoms with Gasteiger partial charge >= 0.3 is 6.03 Å². The Labute approximate surface area is 161 Å². The van der Waals surface area contributed by atoms with Gasteiger partial charge in [-0.05, 0) is 63.9 Å². The molecule has 3 heterocycles. The number of hydrogen-bond acceptors (Lipinski definition) is 4. The minimum absolute atomic E-state index is 0.0185. The van der Waals surface area contributed by atoms with Gasteiger partial charge in [0.15, 0.2) is 0 Å². The Kier molecular flexibility index (Phi) is 7.45. The van der Waals surface area contributed by atoms with Crippen LogP contribution in [0.2, 0.25) is 0 Å². The number of rotatable bonds is 6. The molecule has 2 N–H and O–H groups in total. The summed E-state index contributed by atoms with van der Waals surface area (Å²) in [5, 5.41) is 5.95. The average Bonchev–Trinajstić information content (AvgIpc) is 2.72. The molecule has 27 heavy (non-hydrogen) atoms. The lowest BCUT2D eigenvalue weighted by atomic mass is 9.96. The third-order valence-electron chi connectivity index (χ3n) is 5.48. The van der Waals surface area contributed by atoms with Crippen molar-refractivity contribution in [3.63, 3.8) is 0 Å². The van der Waals surface area contributed by atoms with E-state index in [2.05, 4.69) is 20.5 Å². The summed E-state index contributed by atoms with van der Waals surface area (Å²) >= 11 is 0. The molecule has 7 nitrogen and oxygen atoms in total. The van der Waals surface area contributed by atoms with E-state index in [1.165, 1.54) is 32.4 Å². The van der Waals surface area contributed by atoms with Gasteiger partial charge in [0.05, 0.1) is 0 Å². The number of likely N-dealkylation sites (tertiary alicyclic amines) is 2. The first-order valence-corrected chi connectivity index (χ1v) is 10.2. The lowest BCUT2D eigenvalue weighted by Gasteiger charge is -2.31. The fraction of sp³-hybridized carbons (Fsp3) is 0.650. The van der Waals surface area contributed by atoms with E-state index >= 15 is 0 Å². The molecular formula is C20H31N5O2. The van der Waals surface area contributed by atoms with Crippen molar-refractivity contribution < 1.29 is 9.59 Å². The highest BCUT2D eigenvalue weighted by Gasteiger charge is 2.27. The first kappa shape index (κ1) is 19.6. The Balaban J connectivity index is 1.31. The Bertz CT molecular complexity index is 596. The third kappa shape index (κ3) is 6.20. The number of hydrogen-bond donors (Lipinski definition) is 2. The maximum Gasteiger partial charge on any atom is 0.321 e. The van der Waals surface area contributed by atoms with Gasteiger partial charge in [0.2, 0.25) is 5.91 Å². The monoisotopic (exact) mass is 373 g/mol. The molecule has 3 rings (SSSR count). The summed E-state index contributed by atoms with van der Waals surface area (Å²) < 4.78 is 0. The predicted molar refractivity (Wildman–Crippen MR) is 105 cm³/mol. The SMILES string of the molecule is O=C(NCCCN1CCCCC1)C1CCN(C(=O)Nc2ccncc2)CC1. The van der Waals surface area contributed by atoms with Gasteiger partial charge in [0.1, 0.15) is 0 Å². The molecule has 1 aromatic heterocycles. The van der Waals surface area contributed by atoms with E-state index in [0.29, 0.717) is 13.1 Å². The first-order chi connectivity index (χ1) is 13.2. The Morgan fingerprint density at radius 3 is 2.44 bits per heavy atom. The lowest BCUT2D eigenvalue weighted by Crippen LogP contribution is -2.45. The summed E-state index contributed by atoms with van der Waals surface area (Å²) in [6, 6.07) is 3.42. The Morgan fingerprint density at radius 1 is 1.04 bits per heavy atom. The van der Waals surface area contributed by atoms with Gasteiger partial charge in [-0.1, -0.05) is 6.42 Å². The van der Waals surface area contributed by atoms with Crippen LogP contribution < -0.4 is 10.6 Å². The van der Waals surface area contributed by atoms with E-state index < -0.39 is 0 Å². The van der Waals surface area contributed by atoms with Crippen molar-refractivity contribution in [1.82, 2.24) is 20.1 Å². The molecule has 2 saturated heterocycles. The molecule has 0 atom stereocenters. The number of carbonyl (C=O) groups is 2. The lowest BCUT2D eigenvalue weighted by molar-refractivity contribution is -0.126. The van der Waals surface area contributed by atoms with Crippen molar-refractivity contribution in [1.29, 1.82) is 0 Å². The highest BCUT2D eigenvalue weighted by molar-refractivity contribution is 5.89. The summed E-state index contributed by atoms with van der Waals surface area (Å²) in [7, 11) is 0. The number of piperidine rings is 2. The summed E-state index contributed by atoms with van der Waals surface area (Å²) in [4.78, 5) is 32.9. The smallest absolute Gasteiger partial charge is 0.321 e. The van der Waals surface area contributed by atoms with Crippen molar-refractivity contribution in [3.05, 3.63) is 24.5 Å². The molecule has 2 aliphatic heterocycles. The van der Waals surface area contributed by atoms with Crippen LogP contribution in [-0.4, -0.2) is 66.0 Å². The standard InChI is InChI=1S/C20H31N5O2/c26-19(22-9-4-14-24-12-2-1-3-13-24)17-7-15-25(16-8-17)20(27)23-18-5-10-21-11-6-18/h5-6,10-11,17H,1-4,7-9,12-16H2,(H,22,26)(H,21,23,27). The highest BCUT2D eigenvalue weighted by Crippen LogP contribution is 2.18. The largest absolute Gasteiger partial charge is 0.356 e. The van der Waals surface area contributed by atoms with Crippen LogP contribution in [0.1, 0.15) is 38.5 Å². The highest BCUT2D eigenvalue weighted by atomic mass is 16.2. The van der Waals surface area contributed by atoms with Crippen LogP contribution in [0.3, 0.4) is 0 Å². The van der Waals surface area contributed by atoms with Gasteiger partial charge in [-0.3, -0.25) is 9.78 Å². The summed E-state index contributed by atoms with van der Waals surface area (Å²) in [5.41, 5.74) is 0.739. The van der Waals surface area contributed by atoms with E-state index in [9.17, 15) is 9.59 Å². The fourth-order valence-electron chi connectivity index (χ4n) is 3.82. The minimum Gasteiger partial charge on any atom is -0.356 e. The van der Waals surface area contributed by atoms with Crippen molar-refractivity contribution in [2.45, 2.75) is 38.5 Å². The third-order valence-corrected chi connectivity index (χ3v) is 5.48. The average molecular weight is 374 g/mol. The molecule has 7 heteroatoms. The number of carbonyl (C=O) groups excluding carboxylic acids is 2. The summed E-state index contributed by atoms with van der Waals surface area (Å²) in [5.74, 6) is 0.160. The fourth-order valence-corrected chi connectivity index (χ4v) is 3.82. The zero-order valence-electron chi connectivity index (χ0n) is 16.0. The maximum atomic E-state index is 12.4. The normalized spacial score (nSPS) is 18.9. The van der Waals surface area contributed by atoms with E-state index in [1.54, 1.807) is 29.4 Å². The topological polar surface area (TPSA) is 77.6 Å². The van der Waals surface area contributed by atoms with Gasteiger partial charge in [0, 0.05) is 43.6 Å². The van der Waals surface area contributed by atoms with Crippen LogP contribution in [0, 0.1) is 5.92 Å². The van der Waals surface area contributed by atoms with Crippen molar-refractivity contribution in [3.8, 4) is 0 Å². The van der Waals surface area contributed by atoms with Gasteiger partial charge < -0.3 is 20.4 Å². The molecule has 0 bridgehead atoms. The molecule has 0 unspecified atom stereocenters. The summed E-state index contributed by atoms with van der Waals surface area (Å²) in [6.07, 6.45) is 9.73. The second-order valence-corrected chi connectivity index (χ2v) is 7.47. The number of nitrogens with one attached hydrogen (secondary N) is 2. The molecule has 0 aliphatic carbocycles. The Hall–Kier alpha value is -2.15. The van der Waals surface area contributed by atoms with Crippen LogP contribution in [0.4, 0.5) is 10.5 Å². The van der Waals surface area contributed by atoms with Crippen LogP contribution in [0.5, 0.6) is 0 Å². The molecule has 2 fully saturated rings. The van der Waals surface area contributed by atoms with Crippen LogP contribution >= 0.6 is 0 Å². The number of pyridine rings is 1. The molecule has 0 spiro atoms. The van der Waals surface area contributed by atoms with Gasteiger partial charge in [-0.2, -0.15) is 0 Å². The van der Waals surface area contributed by atoms with E-state index in [1.807, 2.05) is 0 Å². The van der Waals surface area contributed by atoms with Crippen molar-refractivity contribution >= 4 is 17.6 Å². The molecule has 2 aliphatic rings.